The van der Waals surface area contributed by atoms with E-state index in [1.54, 1.807) is 19.5 Å². The van der Waals surface area contributed by atoms with Gasteiger partial charge >= 0.3 is 0 Å². The van der Waals surface area contributed by atoms with Gasteiger partial charge in [0.15, 0.2) is 0 Å². The lowest BCUT2D eigenvalue weighted by Gasteiger charge is -2.38. The molecule has 0 unspecified atom stereocenters. The molecule has 2 aliphatic rings. The van der Waals surface area contributed by atoms with Gasteiger partial charge < -0.3 is 19.7 Å². The van der Waals surface area contributed by atoms with Gasteiger partial charge in [0.1, 0.15) is 0 Å². The van der Waals surface area contributed by atoms with Crippen molar-refractivity contribution in [3.63, 3.8) is 0 Å². The largest absolute Gasteiger partial charge is 0.379 e. The van der Waals surface area contributed by atoms with E-state index in [9.17, 15) is 4.79 Å². The van der Waals surface area contributed by atoms with Crippen LogP contribution in [0.25, 0.3) is 0 Å². The Labute approximate surface area is 157 Å². The minimum atomic E-state index is 0.0746. The second-order valence-electron chi connectivity index (χ2n) is 6.77. The average molecular weight is 412 g/mol. The van der Waals surface area contributed by atoms with E-state index in [2.05, 4.69) is 26.2 Å². The topological polar surface area (TPSA) is 63.7 Å². The molecule has 3 heterocycles. The van der Waals surface area contributed by atoms with Gasteiger partial charge in [-0.2, -0.15) is 0 Å². The Morgan fingerprint density at radius 3 is 2.84 bits per heavy atom. The SMILES string of the molecule is CO[C@@H]1COCC[C@@H]1NC1CCN(C(=O)c2cncc(Br)c2C)CC1. The molecular formula is C18H26BrN3O3. The van der Waals surface area contributed by atoms with Gasteiger partial charge in [-0.05, 0) is 47.7 Å². The zero-order chi connectivity index (χ0) is 17.8. The summed E-state index contributed by atoms with van der Waals surface area (Å²) in [5.74, 6) is 0.0746. The Morgan fingerprint density at radius 2 is 2.12 bits per heavy atom. The fourth-order valence-corrected chi connectivity index (χ4v) is 3.90. The second kappa shape index (κ2) is 8.58. The average Bonchev–Trinajstić information content (AvgIpc) is 2.64. The molecule has 0 spiro atoms. The number of halogens is 1. The number of piperidine rings is 1. The number of carbonyl (C=O) groups excluding carboxylic acids is 1. The smallest absolute Gasteiger partial charge is 0.255 e. The van der Waals surface area contributed by atoms with Gasteiger partial charge in [-0.3, -0.25) is 9.78 Å². The molecule has 0 radical (unpaired) electrons. The van der Waals surface area contributed by atoms with Crippen molar-refractivity contribution in [1.29, 1.82) is 0 Å². The van der Waals surface area contributed by atoms with Crippen LogP contribution in [-0.2, 0) is 9.47 Å². The summed E-state index contributed by atoms with van der Waals surface area (Å²) in [5, 5.41) is 3.72. The molecule has 0 saturated carbocycles. The van der Waals surface area contributed by atoms with E-state index in [-0.39, 0.29) is 12.0 Å². The minimum absolute atomic E-state index is 0.0746. The second-order valence-corrected chi connectivity index (χ2v) is 7.63. The predicted molar refractivity (Wildman–Crippen MR) is 98.8 cm³/mol. The molecule has 25 heavy (non-hydrogen) atoms. The summed E-state index contributed by atoms with van der Waals surface area (Å²) in [6, 6.07) is 0.758. The highest BCUT2D eigenvalue weighted by Crippen LogP contribution is 2.22. The molecule has 2 atom stereocenters. The number of nitrogens with zero attached hydrogens (tertiary/aromatic N) is 2. The highest BCUT2D eigenvalue weighted by molar-refractivity contribution is 9.10. The van der Waals surface area contributed by atoms with Crippen molar-refractivity contribution in [1.82, 2.24) is 15.2 Å². The molecule has 0 aliphatic carbocycles. The van der Waals surface area contributed by atoms with Gasteiger partial charge in [0.25, 0.3) is 5.91 Å². The van der Waals surface area contributed by atoms with E-state index in [0.717, 1.165) is 49.0 Å². The van der Waals surface area contributed by atoms with Crippen LogP contribution >= 0.6 is 15.9 Å². The molecule has 0 aromatic carbocycles. The zero-order valence-corrected chi connectivity index (χ0v) is 16.4. The molecule has 2 saturated heterocycles. The molecular weight excluding hydrogens is 386 g/mol. The number of ether oxygens (including phenoxy) is 2. The van der Waals surface area contributed by atoms with Crippen molar-refractivity contribution in [2.45, 2.75) is 44.4 Å². The highest BCUT2D eigenvalue weighted by atomic mass is 79.9. The van der Waals surface area contributed by atoms with Gasteiger partial charge in [-0.15, -0.1) is 0 Å². The molecule has 0 bridgehead atoms. The highest BCUT2D eigenvalue weighted by Gasteiger charge is 2.30. The Hall–Kier alpha value is -1.02. The van der Waals surface area contributed by atoms with Crippen molar-refractivity contribution >= 4 is 21.8 Å². The first-order valence-corrected chi connectivity index (χ1v) is 9.65. The van der Waals surface area contributed by atoms with E-state index in [4.69, 9.17) is 9.47 Å². The number of likely N-dealkylation sites (tertiary alicyclic amines) is 1. The number of rotatable bonds is 4. The van der Waals surface area contributed by atoms with Crippen molar-refractivity contribution < 1.29 is 14.3 Å². The Kier molecular flexibility index (Phi) is 6.44. The van der Waals surface area contributed by atoms with Crippen LogP contribution in [0.15, 0.2) is 16.9 Å². The monoisotopic (exact) mass is 411 g/mol. The first-order valence-electron chi connectivity index (χ1n) is 8.86. The van der Waals surface area contributed by atoms with Gasteiger partial charge in [0.2, 0.25) is 0 Å². The van der Waals surface area contributed by atoms with Crippen molar-refractivity contribution in [3.8, 4) is 0 Å². The van der Waals surface area contributed by atoms with Crippen LogP contribution in [0.1, 0.15) is 35.2 Å². The number of aromatic nitrogens is 1. The first-order chi connectivity index (χ1) is 12.1. The Morgan fingerprint density at radius 1 is 1.36 bits per heavy atom. The van der Waals surface area contributed by atoms with Gasteiger partial charge in [0, 0.05) is 55.8 Å². The summed E-state index contributed by atoms with van der Waals surface area (Å²) < 4.78 is 11.9. The molecule has 138 valence electrons. The number of pyridine rings is 1. The van der Waals surface area contributed by atoms with Crippen LogP contribution in [0.5, 0.6) is 0 Å². The van der Waals surface area contributed by atoms with Crippen LogP contribution < -0.4 is 5.32 Å². The van der Waals surface area contributed by atoms with Crippen LogP contribution in [0, 0.1) is 6.92 Å². The maximum Gasteiger partial charge on any atom is 0.255 e. The summed E-state index contributed by atoms with van der Waals surface area (Å²) >= 11 is 3.45. The third kappa shape index (κ3) is 4.39. The quantitative estimate of drug-likeness (QED) is 0.821. The summed E-state index contributed by atoms with van der Waals surface area (Å²) in [5.41, 5.74) is 1.63. The number of methoxy groups -OCH3 is 1. The van der Waals surface area contributed by atoms with Gasteiger partial charge in [-0.25, -0.2) is 0 Å². The molecule has 3 rings (SSSR count). The van der Waals surface area contributed by atoms with Gasteiger partial charge in [0.05, 0.1) is 18.3 Å². The number of hydrogen-bond donors (Lipinski definition) is 1. The van der Waals surface area contributed by atoms with E-state index >= 15 is 0 Å². The van der Waals surface area contributed by atoms with Crippen LogP contribution in [0.3, 0.4) is 0 Å². The summed E-state index contributed by atoms with van der Waals surface area (Å²) in [4.78, 5) is 18.9. The molecule has 7 heteroatoms. The van der Waals surface area contributed by atoms with Gasteiger partial charge in [-0.1, -0.05) is 0 Å². The van der Waals surface area contributed by atoms with E-state index in [1.165, 1.54) is 0 Å². The minimum Gasteiger partial charge on any atom is -0.379 e. The van der Waals surface area contributed by atoms with Crippen molar-refractivity contribution in [2.24, 2.45) is 0 Å². The summed E-state index contributed by atoms with van der Waals surface area (Å²) in [6.45, 7) is 4.92. The zero-order valence-electron chi connectivity index (χ0n) is 14.8. The number of hydrogen-bond acceptors (Lipinski definition) is 5. The standard InChI is InChI=1S/C18H26BrN3O3/c1-12-14(9-20-10-15(12)19)18(23)22-6-3-13(4-7-22)21-16-5-8-25-11-17(16)24-2/h9-10,13,16-17,21H,3-8,11H2,1-2H3/t16-,17+/m0/s1. The summed E-state index contributed by atoms with van der Waals surface area (Å²) in [7, 11) is 1.74. The van der Waals surface area contributed by atoms with Crippen LogP contribution in [-0.4, -0.2) is 67.4 Å². The number of carbonyl (C=O) groups is 1. The summed E-state index contributed by atoms with van der Waals surface area (Å²) in [6.07, 6.45) is 6.39. The van der Waals surface area contributed by atoms with Crippen molar-refractivity contribution in [3.05, 3.63) is 28.0 Å². The fourth-order valence-electron chi connectivity index (χ4n) is 3.57. The molecule has 2 aliphatic heterocycles. The predicted octanol–water partition coefficient (Wildman–Crippen LogP) is 2.15. The van der Waals surface area contributed by atoms with Crippen LogP contribution in [0.2, 0.25) is 0 Å². The van der Waals surface area contributed by atoms with E-state index < -0.39 is 0 Å². The Bertz CT molecular complexity index is 605. The lowest BCUT2D eigenvalue weighted by molar-refractivity contribution is -0.0533. The van der Waals surface area contributed by atoms with Crippen LogP contribution in [0.4, 0.5) is 0 Å². The molecule has 1 amide bonds. The van der Waals surface area contributed by atoms with E-state index in [0.29, 0.717) is 24.3 Å². The lowest BCUT2D eigenvalue weighted by atomic mass is 9.99. The molecule has 2 fully saturated rings. The lowest BCUT2D eigenvalue weighted by Crippen LogP contribution is -2.54. The first kappa shape index (κ1) is 18.8. The molecule has 1 N–H and O–H groups in total. The number of amides is 1. The molecule has 1 aromatic rings. The molecule has 1 aromatic heterocycles. The van der Waals surface area contributed by atoms with E-state index in [1.807, 2.05) is 11.8 Å². The normalized spacial score (nSPS) is 25.2. The molecule has 6 nitrogen and oxygen atoms in total. The third-order valence-electron chi connectivity index (χ3n) is 5.22. The number of nitrogens with one attached hydrogen (secondary N) is 1. The van der Waals surface area contributed by atoms with Crippen molar-refractivity contribution in [2.75, 3.05) is 33.4 Å². The maximum absolute atomic E-state index is 12.8. The maximum atomic E-state index is 12.8. The third-order valence-corrected chi connectivity index (χ3v) is 6.02. The Balaban J connectivity index is 1.54. The fraction of sp³-hybridized carbons (Fsp3) is 0.667.